The van der Waals surface area contributed by atoms with Gasteiger partial charge in [0.25, 0.3) is 0 Å². The molecule has 0 saturated carbocycles. The SMILES string of the molecule is Cc1cc(C)cc(CC(=O)N2CCC2(C)C(=O)N(CC2=CC(=O)CN2)Cc2ccc(Cl)cc2)c1. The molecule has 178 valence electrons. The summed E-state index contributed by atoms with van der Waals surface area (Å²) >= 11 is 6.03. The number of ketones is 1. The van der Waals surface area contributed by atoms with Gasteiger partial charge in [0.2, 0.25) is 11.8 Å². The van der Waals surface area contributed by atoms with Crippen LogP contribution in [0.4, 0.5) is 0 Å². The lowest BCUT2D eigenvalue weighted by molar-refractivity contribution is -0.163. The number of benzene rings is 2. The molecular formula is C27H30ClN3O3. The number of carbonyl (C=O) groups is 3. The van der Waals surface area contributed by atoms with Gasteiger partial charge in [-0.15, -0.1) is 0 Å². The fraction of sp³-hybridized carbons (Fsp3) is 0.370. The summed E-state index contributed by atoms with van der Waals surface area (Å²) in [5.74, 6) is -0.176. The zero-order valence-electron chi connectivity index (χ0n) is 19.9. The summed E-state index contributed by atoms with van der Waals surface area (Å²) in [6.45, 7) is 7.32. The second-order valence-electron chi connectivity index (χ2n) is 9.52. The molecule has 2 amide bonds. The Balaban J connectivity index is 1.53. The molecule has 34 heavy (non-hydrogen) atoms. The molecule has 0 radical (unpaired) electrons. The van der Waals surface area contributed by atoms with E-state index in [2.05, 4.69) is 11.4 Å². The maximum absolute atomic E-state index is 13.8. The molecule has 2 aromatic rings. The van der Waals surface area contributed by atoms with Crippen LogP contribution in [-0.2, 0) is 27.3 Å². The van der Waals surface area contributed by atoms with E-state index >= 15 is 0 Å². The highest BCUT2D eigenvalue weighted by atomic mass is 35.5. The molecule has 1 unspecified atom stereocenters. The van der Waals surface area contributed by atoms with E-state index in [-0.39, 0.29) is 37.1 Å². The molecule has 4 rings (SSSR count). The molecule has 1 saturated heterocycles. The topological polar surface area (TPSA) is 69.7 Å². The molecule has 0 aromatic heterocycles. The van der Waals surface area contributed by atoms with Crippen LogP contribution in [0, 0.1) is 13.8 Å². The van der Waals surface area contributed by atoms with E-state index in [1.165, 1.54) is 0 Å². The summed E-state index contributed by atoms with van der Waals surface area (Å²) in [6, 6.07) is 13.5. The molecule has 2 heterocycles. The first-order chi connectivity index (χ1) is 16.1. The van der Waals surface area contributed by atoms with Gasteiger partial charge in [-0.25, -0.2) is 0 Å². The monoisotopic (exact) mass is 479 g/mol. The minimum Gasteiger partial charge on any atom is -0.379 e. The van der Waals surface area contributed by atoms with Gasteiger partial charge < -0.3 is 15.1 Å². The number of hydrogen-bond donors (Lipinski definition) is 1. The lowest BCUT2D eigenvalue weighted by atomic mass is 9.84. The first-order valence-corrected chi connectivity index (χ1v) is 11.9. The van der Waals surface area contributed by atoms with E-state index in [0.717, 1.165) is 22.3 Å². The maximum atomic E-state index is 13.8. The third kappa shape index (κ3) is 5.17. The lowest BCUT2D eigenvalue weighted by Gasteiger charge is -2.51. The number of hydrogen-bond acceptors (Lipinski definition) is 4. The number of aryl methyl sites for hydroxylation is 2. The van der Waals surface area contributed by atoms with Gasteiger partial charge in [-0.1, -0.05) is 53.1 Å². The highest BCUT2D eigenvalue weighted by Crippen LogP contribution is 2.34. The van der Waals surface area contributed by atoms with Crippen molar-refractivity contribution in [3.05, 3.63) is 81.5 Å². The fourth-order valence-electron chi connectivity index (χ4n) is 4.78. The Labute approximate surface area is 205 Å². The van der Waals surface area contributed by atoms with Crippen LogP contribution in [0.3, 0.4) is 0 Å². The summed E-state index contributed by atoms with van der Waals surface area (Å²) in [6.07, 6.45) is 2.42. The van der Waals surface area contributed by atoms with Gasteiger partial charge in [-0.2, -0.15) is 0 Å². The van der Waals surface area contributed by atoms with Gasteiger partial charge in [0.15, 0.2) is 5.78 Å². The minimum atomic E-state index is -0.911. The van der Waals surface area contributed by atoms with Crippen LogP contribution in [0.2, 0.25) is 5.02 Å². The Hall–Kier alpha value is -3.12. The van der Waals surface area contributed by atoms with Gasteiger partial charge in [0.1, 0.15) is 5.54 Å². The molecule has 2 aromatic carbocycles. The van der Waals surface area contributed by atoms with Crippen molar-refractivity contribution in [3.63, 3.8) is 0 Å². The fourth-order valence-corrected chi connectivity index (χ4v) is 4.90. The third-order valence-electron chi connectivity index (χ3n) is 6.58. The summed E-state index contributed by atoms with van der Waals surface area (Å²) in [4.78, 5) is 42.2. The van der Waals surface area contributed by atoms with Crippen molar-refractivity contribution in [1.82, 2.24) is 15.1 Å². The van der Waals surface area contributed by atoms with E-state index in [9.17, 15) is 14.4 Å². The van der Waals surface area contributed by atoms with Crippen molar-refractivity contribution < 1.29 is 14.4 Å². The Kier molecular flexibility index (Phi) is 6.80. The largest absolute Gasteiger partial charge is 0.379 e. The molecule has 0 bridgehead atoms. The predicted molar refractivity (Wildman–Crippen MR) is 132 cm³/mol. The zero-order valence-corrected chi connectivity index (χ0v) is 20.6. The average Bonchev–Trinajstić information content (AvgIpc) is 3.16. The first-order valence-electron chi connectivity index (χ1n) is 11.5. The van der Waals surface area contributed by atoms with Crippen molar-refractivity contribution in [1.29, 1.82) is 0 Å². The summed E-state index contributed by atoms with van der Waals surface area (Å²) in [7, 11) is 0. The minimum absolute atomic E-state index is 0.00556. The van der Waals surface area contributed by atoms with E-state index < -0.39 is 5.54 Å². The molecule has 2 aliphatic heterocycles. The molecule has 1 atom stereocenters. The second kappa shape index (κ2) is 9.63. The highest BCUT2D eigenvalue weighted by Gasteiger charge is 2.51. The third-order valence-corrected chi connectivity index (χ3v) is 6.83. The Bertz CT molecular complexity index is 1140. The van der Waals surface area contributed by atoms with Crippen LogP contribution in [0.15, 0.2) is 54.2 Å². The predicted octanol–water partition coefficient (Wildman–Crippen LogP) is 3.58. The molecule has 1 N–H and O–H groups in total. The molecule has 2 aliphatic rings. The Morgan fingerprint density at radius 1 is 1.06 bits per heavy atom. The van der Waals surface area contributed by atoms with Gasteiger partial charge in [0, 0.05) is 29.9 Å². The smallest absolute Gasteiger partial charge is 0.248 e. The summed E-state index contributed by atoms with van der Waals surface area (Å²) < 4.78 is 0. The van der Waals surface area contributed by atoms with E-state index in [4.69, 9.17) is 11.6 Å². The van der Waals surface area contributed by atoms with E-state index in [1.54, 1.807) is 28.0 Å². The van der Waals surface area contributed by atoms with E-state index in [0.29, 0.717) is 30.2 Å². The van der Waals surface area contributed by atoms with Crippen molar-refractivity contribution in [2.45, 2.75) is 45.7 Å². The Morgan fingerprint density at radius 3 is 2.29 bits per heavy atom. The van der Waals surface area contributed by atoms with Crippen molar-refractivity contribution in [2.24, 2.45) is 0 Å². The van der Waals surface area contributed by atoms with Crippen molar-refractivity contribution in [2.75, 3.05) is 19.6 Å². The number of nitrogens with one attached hydrogen (secondary N) is 1. The van der Waals surface area contributed by atoms with Crippen LogP contribution in [-0.4, -0.2) is 52.6 Å². The number of amides is 2. The number of nitrogens with zero attached hydrogens (tertiary/aromatic N) is 2. The zero-order chi connectivity index (χ0) is 24.5. The summed E-state index contributed by atoms with van der Waals surface area (Å²) in [5.41, 5.74) is 3.92. The quantitative estimate of drug-likeness (QED) is 0.659. The van der Waals surface area contributed by atoms with Gasteiger partial charge in [-0.05, 0) is 50.5 Å². The highest BCUT2D eigenvalue weighted by molar-refractivity contribution is 6.30. The lowest BCUT2D eigenvalue weighted by Crippen LogP contribution is -2.68. The van der Waals surface area contributed by atoms with Crippen LogP contribution in [0.25, 0.3) is 0 Å². The van der Waals surface area contributed by atoms with Gasteiger partial charge in [0.05, 0.1) is 19.5 Å². The van der Waals surface area contributed by atoms with Crippen LogP contribution in [0.5, 0.6) is 0 Å². The van der Waals surface area contributed by atoms with Crippen molar-refractivity contribution in [3.8, 4) is 0 Å². The van der Waals surface area contributed by atoms with Gasteiger partial charge >= 0.3 is 0 Å². The molecule has 1 fully saturated rings. The van der Waals surface area contributed by atoms with Gasteiger partial charge in [-0.3, -0.25) is 14.4 Å². The Morgan fingerprint density at radius 2 is 1.74 bits per heavy atom. The summed E-state index contributed by atoms with van der Waals surface area (Å²) in [5, 5.41) is 3.69. The second-order valence-corrected chi connectivity index (χ2v) is 9.96. The van der Waals surface area contributed by atoms with Crippen LogP contribution in [0.1, 0.15) is 35.6 Å². The molecule has 6 nitrogen and oxygen atoms in total. The molecule has 0 spiro atoms. The normalized spacial score (nSPS) is 19.4. The van der Waals surface area contributed by atoms with Crippen molar-refractivity contribution >= 4 is 29.2 Å². The van der Waals surface area contributed by atoms with Crippen LogP contribution >= 0.6 is 11.6 Å². The molecular weight excluding hydrogens is 450 g/mol. The van der Waals surface area contributed by atoms with E-state index in [1.807, 2.05) is 45.0 Å². The number of rotatable bonds is 7. The number of carbonyl (C=O) groups excluding carboxylic acids is 3. The van der Waals surface area contributed by atoms with Crippen LogP contribution < -0.4 is 5.32 Å². The standard InChI is InChI=1S/C27H30ClN3O3/c1-18-10-19(2)12-21(11-18)13-25(33)31-9-8-27(31,3)26(34)30(17-23-14-24(32)15-29-23)16-20-4-6-22(28)7-5-20/h4-7,10-12,14,29H,8-9,13,15-17H2,1-3H3. The maximum Gasteiger partial charge on any atom is 0.248 e. The number of likely N-dealkylation sites (tertiary alicyclic amines) is 1. The molecule has 7 heteroatoms. The average molecular weight is 480 g/mol. The molecule has 0 aliphatic carbocycles. The number of halogens is 1. The first kappa shape index (κ1) is 24.0.